The van der Waals surface area contributed by atoms with E-state index in [2.05, 4.69) is 25.7 Å². The van der Waals surface area contributed by atoms with E-state index in [1.165, 1.54) is 17.4 Å². The lowest BCUT2D eigenvalue weighted by Gasteiger charge is -2.17. The Morgan fingerprint density at radius 2 is 1.84 bits per heavy atom. The number of amides is 1. The molecule has 2 heterocycles. The van der Waals surface area contributed by atoms with Crippen LogP contribution in [0.3, 0.4) is 0 Å². The number of nitrogens with one attached hydrogen (secondary N) is 1. The van der Waals surface area contributed by atoms with Crippen molar-refractivity contribution in [2.24, 2.45) is 0 Å². The van der Waals surface area contributed by atoms with E-state index in [1.54, 1.807) is 18.2 Å². The lowest BCUT2D eigenvalue weighted by atomic mass is 9.93. The number of anilines is 2. The third-order valence-electron chi connectivity index (χ3n) is 5.44. The predicted molar refractivity (Wildman–Crippen MR) is 114 cm³/mol. The molecular weight excluding hydrogens is 441 g/mol. The van der Waals surface area contributed by atoms with Crippen LogP contribution in [-0.4, -0.2) is 26.3 Å². The zero-order valence-corrected chi connectivity index (χ0v) is 17.8. The maximum Gasteiger partial charge on any atom is 0.416 e. The van der Waals surface area contributed by atoms with Crippen LogP contribution in [-0.2, 0) is 29.2 Å². The smallest absolute Gasteiger partial charge is 0.374 e. The Hall–Kier alpha value is -3.08. The Balaban J connectivity index is 1.32. The number of carbonyl (C=O) groups excluding carboxylic acids is 1. The second-order valence-electron chi connectivity index (χ2n) is 7.77. The molecule has 0 saturated heterocycles. The average Bonchev–Trinajstić information content (AvgIpc) is 3.48. The van der Waals surface area contributed by atoms with Gasteiger partial charge in [-0.25, -0.2) is 0 Å². The van der Waals surface area contributed by atoms with Crippen LogP contribution in [0.4, 0.5) is 24.1 Å². The van der Waals surface area contributed by atoms with Crippen LogP contribution >= 0.6 is 11.3 Å². The quantitative estimate of drug-likeness (QED) is 0.487. The minimum absolute atomic E-state index is 0.279. The molecule has 1 aliphatic rings. The molecule has 1 aliphatic carbocycles. The van der Waals surface area contributed by atoms with Crippen LogP contribution in [0.2, 0.25) is 0 Å². The van der Waals surface area contributed by atoms with E-state index >= 15 is 0 Å². The molecule has 0 unspecified atom stereocenters. The van der Waals surface area contributed by atoms with E-state index in [1.807, 2.05) is 0 Å². The Labute approximate surface area is 186 Å². The molecule has 0 bridgehead atoms. The number of nitrogens with zero attached hydrogens (tertiary/aromatic N) is 4. The first kappa shape index (κ1) is 22.1. The van der Waals surface area contributed by atoms with Crippen LogP contribution in [0.5, 0.6) is 0 Å². The average molecular weight is 463 g/mol. The van der Waals surface area contributed by atoms with Gasteiger partial charge in [-0.1, -0.05) is 29.5 Å². The molecule has 7 nitrogen and oxygen atoms in total. The largest absolute Gasteiger partial charge is 0.416 e. The van der Waals surface area contributed by atoms with Crippen LogP contribution in [0.15, 0.2) is 36.4 Å². The van der Waals surface area contributed by atoms with Gasteiger partial charge in [-0.2, -0.15) is 18.3 Å². The van der Waals surface area contributed by atoms with Crippen molar-refractivity contribution in [3.8, 4) is 0 Å². The first-order chi connectivity index (χ1) is 15.3. The normalized spacial score (nSPS) is 14.8. The van der Waals surface area contributed by atoms with Gasteiger partial charge in [-0.3, -0.25) is 4.79 Å². The summed E-state index contributed by atoms with van der Waals surface area (Å²) in [5, 5.41) is 20.0. The van der Waals surface area contributed by atoms with Gasteiger partial charge in [0.05, 0.1) is 16.7 Å². The number of rotatable bonds is 8. The van der Waals surface area contributed by atoms with Crippen molar-refractivity contribution in [3.05, 3.63) is 58.2 Å². The summed E-state index contributed by atoms with van der Waals surface area (Å²) >= 11 is 1.38. The molecule has 0 radical (unpaired) electrons. The molecule has 4 rings (SSSR count). The summed E-state index contributed by atoms with van der Waals surface area (Å²) in [7, 11) is 0. The highest BCUT2D eigenvalue weighted by molar-refractivity contribution is 7.15. The number of alkyl halides is 3. The lowest BCUT2D eigenvalue weighted by Crippen LogP contribution is -2.28. The molecule has 3 aromatic rings. The third kappa shape index (κ3) is 5.04. The highest BCUT2D eigenvalue weighted by atomic mass is 32.1. The fourth-order valence-electron chi connectivity index (χ4n) is 3.51. The Bertz CT molecular complexity index is 1100. The van der Waals surface area contributed by atoms with Gasteiger partial charge in [-0.05, 0) is 55.9 Å². The lowest BCUT2D eigenvalue weighted by molar-refractivity contribution is -0.137. The van der Waals surface area contributed by atoms with Crippen molar-refractivity contribution in [2.45, 2.75) is 50.1 Å². The first-order valence-corrected chi connectivity index (χ1v) is 11.0. The van der Waals surface area contributed by atoms with Crippen molar-refractivity contribution >= 4 is 28.2 Å². The second kappa shape index (κ2) is 8.81. The van der Waals surface area contributed by atoms with E-state index in [-0.39, 0.29) is 11.7 Å². The highest BCUT2D eigenvalue weighted by Gasteiger charge is 2.52. The monoisotopic (exact) mass is 462 g/mol. The zero-order chi connectivity index (χ0) is 22.8. The van der Waals surface area contributed by atoms with E-state index in [0.717, 1.165) is 48.5 Å². The van der Waals surface area contributed by atoms with Gasteiger partial charge in [0.25, 0.3) is 0 Å². The van der Waals surface area contributed by atoms with Crippen LogP contribution < -0.4 is 11.1 Å². The number of halogens is 3. The van der Waals surface area contributed by atoms with E-state index in [4.69, 9.17) is 5.73 Å². The zero-order valence-electron chi connectivity index (χ0n) is 17.0. The Morgan fingerprint density at radius 3 is 2.47 bits per heavy atom. The molecule has 168 valence electrons. The van der Waals surface area contributed by atoms with Crippen molar-refractivity contribution in [1.82, 2.24) is 20.4 Å². The summed E-state index contributed by atoms with van der Waals surface area (Å²) in [5.41, 5.74) is 5.01. The summed E-state index contributed by atoms with van der Waals surface area (Å²) < 4.78 is 39.1. The van der Waals surface area contributed by atoms with E-state index in [0.29, 0.717) is 23.5 Å². The number of benzene rings is 1. The topological polar surface area (TPSA) is 107 Å². The summed E-state index contributed by atoms with van der Waals surface area (Å²) in [5.74, 6) is -0.0865. The fraction of sp³-hybridized carbons (Fsp3) is 0.381. The number of hydrogen-bond acceptors (Lipinski definition) is 7. The van der Waals surface area contributed by atoms with Gasteiger partial charge in [0.2, 0.25) is 11.0 Å². The molecule has 1 amide bonds. The number of nitrogen functional groups attached to an aromatic ring is 1. The minimum Gasteiger partial charge on any atom is -0.374 e. The molecule has 3 N–H and O–H groups in total. The molecule has 1 saturated carbocycles. The SMILES string of the molecule is Nc1nnc(CCCCc2ccc(NC(=O)C3(c4cccc(C(F)(F)F)c4)CC3)nn2)s1. The number of carbonyl (C=O) groups is 1. The van der Waals surface area contributed by atoms with Gasteiger partial charge in [-0.15, -0.1) is 15.3 Å². The van der Waals surface area contributed by atoms with Crippen LogP contribution in [0.1, 0.15) is 47.5 Å². The molecule has 1 fully saturated rings. The van der Waals surface area contributed by atoms with Crippen molar-refractivity contribution in [2.75, 3.05) is 11.1 Å². The van der Waals surface area contributed by atoms with Crippen molar-refractivity contribution in [1.29, 1.82) is 0 Å². The maximum atomic E-state index is 13.0. The van der Waals surface area contributed by atoms with Crippen LogP contribution in [0.25, 0.3) is 0 Å². The number of nitrogens with two attached hydrogens (primary N) is 1. The fourth-order valence-corrected chi connectivity index (χ4v) is 4.16. The second-order valence-corrected chi connectivity index (χ2v) is 8.86. The van der Waals surface area contributed by atoms with E-state index in [9.17, 15) is 18.0 Å². The molecule has 0 atom stereocenters. The number of aromatic nitrogens is 4. The molecule has 11 heteroatoms. The molecular formula is C21H21F3N6OS. The van der Waals surface area contributed by atoms with Gasteiger partial charge >= 0.3 is 6.18 Å². The number of unbranched alkanes of at least 4 members (excludes halogenated alkanes) is 1. The third-order valence-corrected chi connectivity index (χ3v) is 6.26. The van der Waals surface area contributed by atoms with E-state index < -0.39 is 17.2 Å². The number of aryl methyl sites for hydroxylation is 2. The van der Waals surface area contributed by atoms with Gasteiger partial charge in [0.1, 0.15) is 5.01 Å². The molecule has 0 aliphatic heterocycles. The summed E-state index contributed by atoms with van der Waals surface area (Å²) in [4.78, 5) is 12.8. The van der Waals surface area contributed by atoms with Gasteiger partial charge in [0.15, 0.2) is 5.82 Å². The van der Waals surface area contributed by atoms with Gasteiger partial charge < -0.3 is 11.1 Å². The molecule has 0 spiro atoms. The van der Waals surface area contributed by atoms with Crippen molar-refractivity contribution < 1.29 is 18.0 Å². The first-order valence-electron chi connectivity index (χ1n) is 10.2. The molecule has 32 heavy (non-hydrogen) atoms. The molecule has 1 aromatic carbocycles. The molecule has 2 aromatic heterocycles. The van der Waals surface area contributed by atoms with Crippen LogP contribution in [0, 0.1) is 0 Å². The Kier molecular flexibility index (Phi) is 6.09. The standard InChI is InChI=1S/C21H21F3N6OS/c22-21(23,24)14-5-3-4-13(12-14)20(10-11-20)18(31)26-16-9-8-15(27-28-16)6-1-2-7-17-29-30-19(25)32-17/h3-5,8-9,12H,1-2,6-7,10-11H2,(H2,25,30)(H,26,28,31). The predicted octanol–water partition coefficient (Wildman–Crippen LogP) is 4.16. The summed E-state index contributed by atoms with van der Waals surface area (Å²) in [6.07, 6.45) is -0.142. The van der Waals surface area contributed by atoms with Gasteiger partial charge in [0, 0.05) is 6.42 Å². The summed E-state index contributed by atoms with van der Waals surface area (Å²) in [6, 6.07) is 8.40. The Morgan fingerprint density at radius 1 is 1.06 bits per heavy atom. The minimum atomic E-state index is -4.45. The number of hydrogen-bond donors (Lipinski definition) is 2. The van der Waals surface area contributed by atoms with Crippen molar-refractivity contribution in [3.63, 3.8) is 0 Å². The highest BCUT2D eigenvalue weighted by Crippen LogP contribution is 2.49. The maximum absolute atomic E-state index is 13.0. The summed E-state index contributed by atoms with van der Waals surface area (Å²) in [6.45, 7) is 0.